The highest BCUT2D eigenvalue weighted by Crippen LogP contribution is 2.20. The zero-order valence-corrected chi connectivity index (χ0v) is 14.3. The van der Waals surface area contributed by atoms with Crippen molar-refractivity contribution in [3.05, 3.63) is 58.3 Å². The fraction of sp³-hybridized carbons (Fsp3) is 0.421. The maximum absolute atomic E-state index is 6.08. The van der Waals surface area contributed by atoms with Gasteiger partial charge in [0.1, 0.15) is 5.82 Å². The lowest BCUT2D eigenvalue weighted by atomic mass is 9.99. The van der Waals surface area contributed by atoms with E-state index in [-0.39, 0.29) is 0 Å². The van der Waals surface area contributed by atoms with Gasteiger partial charge in [-0.15, -0.1) is 11.6 Å². The smallest absolute Gasteiger partial charge is 0.126 e. The number of nitrogens with two attached hydrogens (primary N) is 1. The molecule has 2 N–H and O–H groups in total. The van der Waals surface area contributed by atoms with Gasteiger partial charge in [-0.3, -0.25) is 0 Å². The summed E-state index contributed by atoms with van der Waals surface area (Å²) in [4.78, 5) is 4.54. The number of halogens is 1. The van der Waals surface area contributed by atoms with Crippen LogP contribution in [0.5, 0.6) is 0 Å². The molecule has 0 radical (unpaired) electrons. The van der Waals surface area contributed by atoms with Gasteiger partial charge in [0.2, 0.25) is 0 Å². The Kier molecular flexibility index (Phi) is 6.26. The molecule has 0 spiro atoms. The average molecular weight is 317 g/mol. The Morgan fingerprint density at radius 3 is 2.36 bits per heavy atom. The molecule has 22 heavy (non-hydrogen) atoms. The van der Waals surface area contributed by atoms with E-state index in [0.29, 0.717) is 11.7 Å². The van der Waals surface area contributed by atoms with Crippen LogP contribution in [0.2, 0.25) is 0 Å². The Balaban J connectivity index is 2.16. The van der Waals surface area contributed by atoms with E-state index in [1.54, 1.807) is 0 Å². The van der Waals surface area contributed by atoms with Crippen LogP contribution in [0.15, 0.2) is 30.3 Å². The van der Waals surface area contributed by atoms with Gasteiger partial charge in [0.05, 0.1) is 0 Å². The summed E-state index contributed by atoms with van der Waals surface area (Å²) in [5.41, 5.74) is 12.0. The molecule has 0 aliphatic rings. The van der Waals surface area contributed by atoms with E-state index in [1.165, 1.54) is 36.0 Å². The summed E-state index contributed by atoms with van der Waals surface area (Å²) >= 11 is 5.84. The van der Waals surface area contributed by atoms with Crippen LogP contribution in [0.3, 0.4) is 0 Å². The lowest BCUT2D eigenvalue weighted by Gasteiger charge is -2.11. The van der Waals surface area contributed by atoms with Gasteiger partial charge in [-0.1, -0.05) is 50.1 Å². The second kappa shape index (κ2) is 8.19. The number of hydrogen-bond acceptors (Lipinski definition) is 2. The highest BCUT2D eigenvalue weighted by molar-refractivity contribution is 6.17. The Morgan fingerprint density at radius 1 is 1.05 bits per heavy atom. The van der Waals surface area contributed by atoms with Crippen molar-refractivity contribution in [2.75, 3.05) is 5.73 Å². The summed E-state index contributed by atoms with van der Waals surface area (Å²) in [5.74, 6) is 1.25. The standard InChI is InChI=1S/C19H25ClN2/c1-3-4-5-6-17-12-18(14(2)22-19(17)21)11-15-7-9-16(13-20)10-8-15/h7-10,12H,3-6,11,13H2,1-2H3,(H2,21,22). The highest BCUT2D eigenvalue weighted by atomic mass is 35.5. The van der Waals surface area contributed by atoms with Crippen molar-refractivity contribution in [1.29, 1.82) is 0 Å². The number of nitrogen functional groups attached to an aromatic ring is 1. The van der Waals surface area contributed by atoms with Gasteiger partial charge >= 0.3 is 0 Å². The van der Waals surface area contributed by atoms with Crippen LogP contribution >= 0.6 is 11.6 Å². The monoisotopic (exact) mass is 316 g/mol. The molecule has 3 heteroatoms. The van der Waals surface area contributed by atoms with E-state index in [2.05, 4.69) is 42.2 Å². The summed E-state index contributed by atoms with van der Waals surface area (Å²) in [6.45, 7) is 4.25. The molecule has 1 aromatic carbocycles. The SMILES string of the molecule is CCCCCc1cc(Cc2ccc(CCl)cc2)c(C)nc1N. The number of unbranched alkanes of at least 4 members (excludes halogenated alkanes) is 2. The second-order valence-corrected chi connectivity index (χ2v) is 6.13. The molecule has 0 amide bonds. The van der Waals surface area contributed by atoms with E-state index in [9.17, 15) is 0 Å². The predicted molar refractivity (Wildman–Crippen MR) is 95.4 cm³/mol. The second-order valence-electron chi connectivity index (χ2n) is 5.86. The van der Waals surface area contributed by atoms with Crippen LogP contribution in [-0.2, 0) is 18.7 Å². The molecule has 2 nitrogen and oxygen atoms in total. The number of benzene rings is 1. The van der Waals surface area contributed by atoms with Gasteiger partial charge < -0.3 is 5.73 Å². The average Bonchev–Trinajstić information content (AvgIpc) is 2.52. The third-order valence-electron chi connectivity index (χ3n) is 4.05. The highest BCUT2D eigenvalue weighted by Gasteiger charge is 2.08. The quantitative estimate of drug-likeness (QED) is 0.574. The topological polar surface area (TPSA) is 38.9 Å². The predicted octanol–water partition coefficient (Wildman–Crippen LogP) is 5.03. The molecule has 0 bridgehead atoms. The van der Waals surface area contributed by atoms with Crippen LogP contribution in [0.1, 0.15) is 54.1 Å². The summed E-state index contributed by atoms with van der Waals surface area (Å²) < 4.78 is 0. The van der Waals surface area contributed by atoms with Crippen molar-refractivity contribution >= 4 is 17.4 Å². The molecule has 1 heterocycles. The molecular formula is C19H25ClN2. The van der Waals surface area contributed by atoms with Crippen LogP contribution in [-0.4, -0.2) is 4.98 Å². The van der Waals surface area contributed by atoms with Crippen molar-refractivity contribution in [3.63, 3.8) is 0 Å². The number of alkyl halides is 1. The maximum Gasteiger partial charge on any atom is 0.126 e. The Bertz CT molecular complexity index is 606. The molecule has 2 rings (SSSR count). The lowest BCUT2D eigenvalue weighted by molar-refractivity contribution is 0.716. The molecule has 2 aromatic rings. The fourth-order valence-corrected chi connectivity index (χ4v) is 2.80. The van der Waals surface area contributed by atoms with Crippen molar-refractivity contribution < 1.29 is 0 Å². The lowest BCUT2D eigenvalue weighted by Crippen LogP contribution is -2.04. The van der Waals surface area contributed by atoms with Crippen molar-refractivity contribution in [2.24, 2.45) is 0 Å². The van der Waals surface area contributed by atoms with Crippen molar-refractivity contribution in [2.45, 2.75) is 51.8 Å². The first-order valence-corrected chi connectivity index (χ1v) is 8.56. The van der Waals surface area contributed by atoms with E-state index < -0.39 is 0 Å². The van der Waals surface area contributed by atoms with Crippen molar-refractivity contribution in [3.8, 4) is 0 Å². The minimum Gasteiger partial charge on any atom is -0.383 e. The number of pyridine rings is 1. The molecule has 118 valence electrons. The van der Waals surface area contributed by atoms with Gasteiger partial charge in [0.15, 0.2) is 0 Å². The van der Waals surface area contributed by atoms with Gasteiger partial charge in [0, 0.05) is 11.6 Å². The van der Waals surface area contributed by atoms with Crippen LogP contribution in [0, 0.1) is 6.92 Å². The van der Waals surface area contributed by atoms with Gasteiger partial charge in [-0.05, 0) is 48.4 Å². The van der Waals surface area contributed by atoms with Gasteiger partial charge in [-0.2, -0.15) is 0 Å². The molecule has 0 unspecified atom stereocenters. The Morgan fingerprint density at radius 2 is 1.73 bits per heavy atom. The van der Waals surface area contributed by atoms with E-state index >= 15 is 0 Å². The first-order chi connectivity index (χ1) is 10.6. The number of aromatic nitrogens is 1. The zero-order chi connectivity index (χ0) is 15.9. The summed E-state index contributed by atoms with van der Waals surface area (Å²) in [5, 5.41) is 0. The first kappa shape index (κ1) is 16.8. The minimum atomic E-state index is 0.560. The molecule has 0 saturated heterocycles. The van der Waals surface area contributed by atoms with Crippen LogP contribution in [0.4, 0.5) is 5.82 Å². The largest absolute Gasteiger partial charge is 0.383 e. The molecule has 1 aromatic heterocycles. The Labute approximate surface area is 138 Å². The van der Waals surface area contributed by atoms with Crippen LogP contribution in [0.25, 0.3) is 0 Å². The fourth-order valence-electron chi connectivity index (χ4n) is 2.62. The van der Waals surface area contributed by atoms with Crippen molar-refractivity contribution in [1.82, 2.24) is 4.98 Å². The number of rotatable bonds is 7. The maximum atomic E-state index is 6.08. The number of anilines is 1. The Hall–Kier alpha value is -1.54. The molecule has 0 saturated carbocycles. The number of aryl methyl sites for hydroxylation is 2. The molecule has 0 aliphatic heterocycles. The molecule has 0 aliphatic carbocycles. The number of nitrogens with zero attached hydrogens (tertiary/aromatic N) is 1. The third kappa shape index (κ3) is 4.48. The zero-order valence-electron chi connectivity index (χ0n) is 13.5. The van der Waals surface area contributed by atoms with E-state index in [1.807, 2.05) is 6.92 Å². The van der Waals surface area contributed by atoms with E-state index in [0.717, 1.165) is 24.1 Å². The normalized spacial score (nSPS) is 10.9. The van der Waals surface area contributed by atoms with E-state index in [4.69, 9.17) is 17.3 Å². The van der Waals surface area contributed by atoms with Gasteiger partial charge in [-0.25, -0.2) is 4.98 Å². The summed E-state index contributed by atoms with van der Waals surface area (Å²) in [6.07, 6.45) is 5.55. The summed E-state index contributed by atoms with van der Waals surface area (Å²) in [7, 11) is 0. The molecule has 0 fully saturated rings. The van der Waals surface area contributed by atoms with Crippen LogP contribution < -0.4 is 5.73 Å². The number of hydrogen-bond donors (Lipinski definition) is 1. The minimum absolute atomic E-state index is 0.560. The first-order valence-electron chi connectivity index (χ1n) is 8.02. The molecule has 0 atom stereocenters. The third-order valence-corrected chi connectivity index (χ3v) is 4.36. The van der Waals surface area contributed by atoms with Gasteiger partial charge in [0.25, 0.3) is 0 Å². The summed E-state index contributed by atoms with van der Waals surface area (Å²) in [6, 6.07) is 10.7. The molecular weight excluding hydrogens is 292 g/mol.